The van der Waals surface area contributed by atoms with Crippen LogP contribution in [0.15, 0.2) is 28.1 Å². The van der Waals surface area contributed by atoms with Crippen LogP contribution < -0.4 is 0 Å². The Morgan fingerprint density at radius 3 is 2.63 bits per heavy atom. The summed E-state index contributed by atoms with van der Waals surface area (Å²) < 4.78 is 1.34. The Hall–Kier alpha value is -0.950. The van der Waals surface area contributed by atoms with Crippen molar-refractivity contribution in [1.82, 2.24) is 9.78 Å². The van der Waals surface area contributed by atoms with Gasteiger partial charge in [0.1, 0.15) is 0 Å². The molecule has 0 spiro atoms. The number of nitro groups is 1. The quantitative estimate of drug-likeness (QED) is 0.613. The van der Waals surface area contributed by atoms with E-state index in [-0.39, 0.29) is 10.8 Å². The molecule has 2 aromatic rings. The normalized spacial score (nSPS) is 10.7. The van der Waals surface area contributed by atoms with Crippen molar-refractivity contribution in [1.29, 1.82) is 0 Å². The molecule has 0 aliphatic carbocycles. The molecule has 0 fully saturated rings. The van der Waals surface area contributed by atoms with Gasteiger partial charge in [0.15, 0.2) is 5.03 Å². The number of halogens is 3. The number of aromatic nitrogens is 2. The van der Waals surface area contributed by atoms with Crippen LogP contribution in [-0.4, -0.2) is 14.7 Å². The molecule has 19 heavy (non-hydrogen) atoms. The van der Waals surface area contributed by atoms with Crippen LogP contribution in [0.4, 0.5) is 5.69 Å². The highest BCUT2D eigenvalue weighted by molar-refractivity contribution is 7.99. The predicted molar refractivity (Wildman–Crippen MR) is 75.5 cm³/mol. The van der Waals surface area contributed by atoms with E-state index in [1.54, 1.807) is 25.2 Å². The van der Waals surface area contributed by atoms with Crippen LogP contribution in [0.1, 0.15) is 0 Å². The Morgan fingerprint density at radius 1 is 1.37 bits per heavy atom. The summed E-state index contributed by atoms with van der Waals surface area (Å²) in [5, 5.41) is 15.9. The van der Waals surface area contributed by atoms with E-state index in [2.05, 4.69) is 5.10 Å². The van der Waals surface area contributed by atoms with Gasteiger partial charge < -0.3 is 0 Å². The lowest BCUT2D eigenvalue weighted by molar-refractivity contribution is -0.387. The van der Waals surface area contributed by atoms with Crippen molar-refractivity contribution in [2.75, 3.05) is 0 Å². The highest BCUT2D eigenvalue weighted by atomic mass is 35.5. The zero-order valence-electron chi connectivity index (χ0n) is 9.43. The zero-order valence-corrected chi connectivity index (χ0v) is 12.5. The predicted octanol–water partition coefficient (Wildman–Crippen LogP) is 4.44. The fraction of sp³-hybridized carbons (Fsp3) is 0.100. The van der Waals surface area contributed by atoms with Crippen LogP contribution >= 0.6 is 46.6 Å². The molecule has 0 radical (unpaired) electrons. The third-order valence-electron chi connectivity index (χ3n) is 2.21. The molecular formula is C10H6Cl3N3O2S. The molecular weight excluding hydrogens is 333 g/mol. The Labute approximate surface area is 127 Å². The highest BCUT2D eigenvalue weighted by Crippen LogP contribution is 2.41. The summed E-state index contributed by atoms with van der Waals surface area (Å²) in [7, 11) is 1.57. The van der Waals surface area contributed by atoms with Gasteiger partial charge in [-0.05, 0) is 18.2 Å². The number of benzene rings is 1. The summed E-state index contributed by atoms with van der Waals surface area (Å²) in [6, 6.07) is 4.90. The molecule has 0 bridgehead atoms. The van der Waals surface area contributed by atoms with E-state index in [4.69, 9.17) is 34.8 Å². The van der Waals surface area contributed by atoms with Crippen molar-refractivity contribution < 1.29 is 4.92 Å². The maximum absolute atomic E-state index is 11.0. The average Bonchev–Trinajstić information content (AvgIpc) is 2.57. The summed E-state index contributed by atoms with van der Waals surface area (Å²) in [5.41, 5.74) is -0.236. The van der Waals surface area contributed by atoms with Gasteiger partial charge in [-0.2, -0.15) is 5.10 Å². The number of nitrogens with zero attached hydrogens (tertiary/aromatic N) is 3. The van der Waals surface area contributed by atoms with Crippen LogP contribution in [0.3, 0.4) is 0 Å². The first-order valence-electron chi connectivity index (χ1n) is 4.90. The Bertz CT molecular complexity index is 660. The second-order valence-corrected chi connectivity index (χ2v) is 5.73. The Balaban J connectivity index is 2.46. The maximum atomic E-state index is 11.0. The Morgan fingerprint density at radius 2 is 2.05 bits per heavy atom. The van der Waals surface area contributed by atoms with Gasteiger partial charge in [-0.3, -0.25) is 14.8 Å². The standard InChI is InChI=1S/C10H6Cl3N3O2S/c1-15-10(8(16(17)18)9(13)14-15)19-7-3-2-5(11)4-6(7)12/h2-4H,1H3. The van der Waals surface area contributed by atoms with Crippen LogP contribution in [0, 0.1) is 10.1 Å². The lowest BCUT2D eigenvalue weighted by Gasteiger charge is -2.04. The van der Waals surface area contributed by atoms with Crippen LogP contribution in [0.2, 0.25) is 15.2 Å². The van der Waals surface area contributed by atoms with Crippen LogP contribution in [0.25, 0.3) is 0 Å². The molecule has 1 aromatic carbocycles. The molecule has 0 N–H and O–H groups in total. The largest absolute Gasteiger partial charge is 0.340 e. The van der Waals surface area contributed by atoms with Crippen molar-refractivity contribution in [3.63, 3.8) is 0 Å². The number of aryl methyl sites for hydroxylation is 1. The number of hydrogen-bond acceptors (Lipinski definition) is 4. The minimum absolute atomic E-state index is 0.153. The first kappa shape index (κ1) is 14.5. The van der Waals surface area contributed by atoms with Gasteiger partial charge in [-0.25, -0.2) is 0 Å². The summed E-state index contributed by atoms with van der Waals surface area (Å²) in [6.07, 6.45) is 0. The fourth-order valence-electron chi connectivity index (χ4n) is 1.40. The van der Waals surface area contributed by atoms with E-state index in [1.165, 1.54) is 4.68 Å². The molecule has 1 heterocycles. The summed E-state index contributed by atoms with van der Waals surface area (Å²) in [6.45, 7) is 0. The molecule has 0 aliphatic heterocycles. The minimum atomic E-state index is -0.568. The van der Waals surface area contributed by atoms with Gasteiger partial charge in [0, 0.05) is 17.0 Å². The van der Waals surface area contributed by atoms with E-state index in [0.29, 0.717) is 20.0 Å². The number of hydrogen-bond donors (Lipinski definition) is 0. The minimum Gasteiger partial charge on any atom is -0.258 e. The third-order valence-corrected chi connectivity index (χ3v) is 4.35. The first-order chi connectivity index (χ1) is 8.90. The summed E-state index contributed by atoms with van der Waals surface area (Å²) in [4.78, 5) is 11.1. The molecule has 0 aliphatic rings. The second-order valence-electron chi connectivity index (χ2n) is 3.50. The molecule has 9 heteroatoms. The van der Waals surface area contributed by atoms with Gasteiger partial charge in [0.05, 0.1) is 9.95 Å². The maximum Gasteiger partial charge on any atom is 0.340 e. The molecule has 5 nitrogen and oxygen atoms in total. The zero-order chi connectivity index (χ0) is 14.2. The SMILES string of the molecule is Cn1nc(Cl)c([N+](=O)[O-])c1Sc1ccc(Cl)cc1Cl. The topological polar surface area (TPSA) is 61.0 Å². The molecule has 0 amide bonds. The van der Waals surface area contributed by atoms with E-state index in [0.717, 1.165) is 11.8 Å². The van der Waals surface area contributed by atoms with Crippen molar-refractivity contribution in [2.45, 2.75) is 9.92 Å². The number of rotatable bonds is 3. The summed E-state index contributed by atoms with van der Waals surface area (Å²) in [5.74, 6) is 0. The van der Waals surface area contributed by atoms with Crippen molar-refractivity contribution >= 4 is 52.3 Å². The van der Waals surface area contributed by atoms with Crippen molar-refractivity contribution in [2.24, 2.45) is 7.05 Å². The van der Waals surface area contributed by atoms with Crippen molar-refractivity contribution in [3.05, 3.63) is 43.5 Å². The molecule has 0 saturated carbocycles. The van der Waals surface area contributed by atoms with E-state index >= 15 is 0 Å². The van der Waals surface area contributed by atoms with Crippen molar-refractivity contribution in [3.8, 4) is 0 Å². The summed E-state index contributed by atoms with van der Waals surface area (Å²) >= 11 is 18.7. The van der Waals surface area contributed by atoms with Gasteiger partial charge in [-0.15, -0.1) is 0 Å². The van der Waals surface area contributed by atoms with Gasteiger partial charge in [0.25, 0.3) is 0 Å². The second kappa shape index (κ2) is 5.58. The molecule has 1 aromatic heterocycles. The molecule has 100 valence electrons. The average molecular weight is 339 g/mol. The lowest BCUT2D eigenvalue weighted by Crippen LogP contribution is -1.94. The smallest absolute Gasteiger partial charge is 0.258 e. The van der Waals surface area contributed by atoms with Gasteiger partial charge in [-0.1, -0.05) is 46.6 Å². The van der Waals surface area contributed by atoms with Crippen LogP contribution in [0.5, 0.6) is 0 Å². The van der Waals surface area contributed by atoms with Crippen LogP contribution in [-0.2, 0) is 7.05 Å². The monoisotopic (exact) mass is 337 g/mol. The van der Waals surface area contributed by atoms with E-state index in [9.17, 15) is 10.1 Å². The molecule has 2 rings (SSSR count). The van der Waals surface area contributed by atoms with E-state index in [1.807, 2.05) is 0 Å². The third kappa shape index (κ3) is 2.97. The molecule has 0 saturated heterocycles. The molecule has 0 atom stereocenters. The fourth-order valence-corrected chi connectivity index (χ4v) is 3.19. The first-order valence-corrected chi connectivity index (χ1v) is 6.85. The molecule has 0 unspecified atom stereocenters. The highest BCUT2D eigenvalue weighted by Gasteiger charge is 2.26. The lowest BCUT2D eigenvalue weighted by atomic mass is 10.4. The van der Waals surface area contributed by atoms with E-state index < -0.39 is 4.92 Å². The van der Waals surface area contributed by atoms with Gasteiger partial charge >= 0.3 is 5.69 Å². The van der Waals surface area contributed by atoms with Gasteiger partial charge in [0.2, 0.25) is 5.15 Å². The Kier molecular flexibility index (Phi) is 4.25.